The molecule has 4 rings (SSSR count). The van der Waals surface area contributed by atoms with E-state index >= 15 is 0 Å². The van der Waals surface area contributed by atoms with Gasteiger partial charge in [0.25, 0.3) is 0 Å². The highest BCUT2D eigenvalue weighted by Gasteiger charge is 2.22. The second-order valence-electron chi connectivity index (χ2n) is 8.87. The van der Waals surface area contributed by atoms with Gasteiger partial charge in [-0.05, 0) is 62.7 Å². The maximum Gasteiger partial charge on any atom is 0.342 e. The minimum absolute atomic E-state index is 0. The molecule has 0 aliphatic carbocycles. The van der Waals surface area contributed by atoms with Crippen molar-refractivity contribution in [2.24, 2.45) is 4.99 Å². The molecule has 0 fully saturated rings. The Balaban J connectivity index is 0.00000400. The van der Waals surface area contributed by atoms with Crippen LogP contribution in [0.5, 0.6) is 0 Å². The molecule has 3 aromatic carbocycles. The van der Waals surface area contributed by atoms with E-state index in [1.807, 2.05) is 26.0 Å². The van der Waals surface area contributed by atoms with Crippen LogP contribution in [0.3, 0.4) is 0 Å². The summed E-state index contributed by atoms with van der Waals surface area (Å²) in [7, 11) is 2.85. The molecule has 0 saturated heterocycles. The van der Waals surface area contributed by atoms with Crippen LogP contribution in [0.1, 0.15) is 47.0 Å². The lowest BCUT2D eigenvalue weighted by molar-refractivity contribution is 0.0596. The molecular weight excluding hydrogens is 473 g/mol. The summed E-state index contributed by atoms with van der Waals surface area (Å²) in [5, 5.41) is 3.63. The van der Waals surface area contributed by atoms with Crippen LogP contribution in [0.25, 0.3) is 22.3 Å². The molecule has 8 heteroatoms. The first kappa shape index (κ1) is 25.6. The van der Waals surface area contributed by atoms with Gasteiger partial charge in [0.05, 0.1) is 24.2 Å². The molecule has 0 unspecified atom stereocenters. The lowest BCUT2D eigenvalue weighted by atomic mass is 9.98. The van der Waals surface area contributed by atoms with Crippen molar-refractivity contribution < 1.29 is 19.8 Å². The van der Waals surface area contributed by atoms with Crippen molar-refractivity contribution in [3.63, 3.8) is 0 Å². The van der Waals surface area contributed by atoms with Crippen molar-refractivity contribution in [2.45, 2.75) is 26.8 Å². The van der Waals surface area contributed by atoms with Gasteiger partial charge in [-0.25, -0.2) is 9.18 Å². The van der Waals surface area contributed by atoms with Crippen molar-refractivity contribution in [1.82, 2.24) is 0 Å². The minimum atomic E-state index is -0.791. The number of hydrogen-bond acceptors (Lipinski definition) is 7. The molecular formula is C29H30FN3O4. The van der Waals surface area contributed by atoms with Crippen LogP contribution in [-0.4, -0.2) is 26.3 Å². The highest BCUT2D eigenvalue weighted by Crippen LogP contribution is 2.33. The monoisotopic (exact) mass is 503 g/mol. The zero-order chi connectivity index (χ0) is 26.9. The van der Waals surface area contributed by atoms with E-state index in [9.17, 15) is 14.0 Å². The van der Waals surface area contributed by atoms with E-state index < -0.39 is 17.8 Å². The quantitative estimate of drug-likeness (QED) is 0.188. The van der Waals surface area contributed by atoms with Crippen LogP contribution < -0.4 is 16.5 Å². The van der Waals surface area contributed by atoms with Crippen molar-refractivity contribution in [3.8, 4) is 11.3 Å². The number of aryl methyl sites for hydroxylation is 1. The van der Waals surface area contributed by atoms with Gasteiger partial charge in [-0.2, -0.15) is 0 Å². The number of nitrogens with one attached hydrogen (secondary N) is 1. The topological polar surface area (TPSA) is 107 Å². The van der Waals surface area contributed by atoms with E-state index in [0.717, 1.165) is 5.56 Å². The maximum atomic E-state index is 14.5. The number of carbonyl (C=O) groups excluding carboxylic acids is 1. The summed E-state index contributed by atoms with van der Waals surface area (Å²) in [4.78, 5) is 29.8. The minimum Gasteiger partial charge on any atom is -0.465 e. The standard InChI is InChI=1S/C29H28FN3O4.H2/c1-15-11-20(17(3)33-24-8-6-7-22(30)25(24)29(35)36-5)28-21(12-15)26(34)16(2)27(37-28)18-9-10-23(31)19(13-18)14-32-4;/h6-14,17,33H,31H2,1-5H3;1H/t17-;/m1./s1. The number of esters is 1. The van der Waals surface area contributed by atoms with Crippen molar-refractivity contribution >= 4 is 34.5 Å². The normalized spacial score (nSPS) is 12.2. The number of anilines is 2. The molecule has 3 N–H and O–H groups in total. The number of carbonyl (C=O) groups is 1. The lowest BCUT2D eigenvalue weighted by Gasteiger charge is -2.20. The highest BCUT2D eigenvalue weighted by atomic mass is 19.1. The van der Waals surface area contributed by atoms with E-state index in [4.69, 9.17) is 14.9 Å². The fourth-order valence-corrected chi connectivity index (χ4v) is 4.40. The van der Waals surface area contributed by atoms with Gasteiger partial charge < -0.3 is 20.2 Å². The summed E-state index contributed by atoms with van der Waals surface area (Å²) in [6.45, 7) is 5.46. The van der Waals surface area contributed by atoms with E-state index in [1.165, 1.54) is 19.2 Å². The Morgan fingerprint density at radius 3 is 2.68 bits per heavy atom. The first-order chi connectivity index (χ1) is 17.7. The predicted molar refractivity (Wildman–Crippen MR) is 147 cm³/mol. The highest BCUT2D eigenvalue weighted by molar-refractivity contribution is 5.96. The SMILES string of the molecule is CN=Cc1cc(-c2oc3c([C@@H](C)Nc4cccc(F)c4C(=O)OC)cc(C)cc3c(=O)c2C)ccc1N.[HH]. The zero-order valence-corrected chi connectivity index (χ0v) is 21.3. The third-order valence-corrected chi connectivity index (χ3v) is 6.25. The summed E-state index contributed by atoms with van der Waals surface area (Å²) in [6, 6.07) is 12.9. The van der Waals surface area contributed by atoms with Gasteiger partial charge in [-0.15, -0.1) is 0 Å². The van der Waals surface area contributed by atoms with Gasteiger partial charge in [-0.1, -0.05) is 12.1 Å². The smallest absolute Gasteiger partial charge is 0.342 e. The molecule has 4 aromatic rings. The number of methoxy groups -OCH3 is 1. The number of fused-ring (bicyclic) bond motifs is 1. The van der Waals surface area contributed by atoms with Crippen LogP contribution in [0.4, 0.5) is 15.8 Å². The first-order valence-corrected chi connectivity index (χ1v) is 11.7. The molecule has 7 nitrogen and oxygen atoms in total. The van der Waals surface area contributed by atoms with Gasteiger partial charge in [0.1, 0.15) is 22.7 Å². The summed E-state index contributed by atoms with van der Waals surface area (Å²) in [5.74, 6) is -1.07. The molecule has 0 spiro atoms. The molecule has 1 atom stereocenters. The summed E-state index contributed by atoms with van der Waals surface area (Å²) >= 11 is 0. The Hall–Kier alpha value is -4.46. The van der Waals surface area contributed by atoms with Crippen molar-refractivity contribution in [2.75, 3.05) is 25.2 Å². The molecule has 0 radical (unpaired) electrons. The number of nitrogens with zero attached hydrogens (tertiary/aromatic N) is 1. The van der Waals surface area contributed by atoms with Crippen LogP contribution in [0, 0.1) is 19.7 Å². The molecule has 0 saturated carbocycles. The lowest BCUT2D eigenvalue weighted by Crippen LogP contribution is -2.15. The van der Waals surface area contributed by atoms with E-state index in [0.29, 0.717) is 44.7 Å². The van der Waals surface area contributed by atoms with Crippen LogP contribution in [0.2, 0.25) is 0 Å². The molecule has 37 heavy (non-hydrogen) atoms. The summed E-state index contributed by atoms with van der Waals surface area (Å²) in [6.07, 6.45) is 1.64. The number of nitrogens with two attached hydrogens (primary N) is 1. The Morgan fingerprint density at radius 1 is 1.22 bits per heavy atom. The van der Waals surface area contributed by atoms with Crippen LogP contribution in [-0.2, 0) is 4.74 Å². The first-order valence-electron chi connectivity index (χ1n) is 11.7. The Labute approximate surface area is 215 Å². The van der Waals surface area contributed by atoms with Gasteiger partial charge in [0, 0.05) is 42.6 Å². The molecule has 0 aliphatic heterocycles. The molecule has 0 amide bonds. The van der Waals surface area contributed by atoms with E-state index in [-0.39, 0.29) is 18.1 Å². The summed E-state index contributed by atoms with van der Waals surface area (Å²) < 4.78 is 25.7. The van der Waals surface area contributed by atoms with Gasteiger partial charge in [-0.3, -0.25) is 9.79 Å². The second kappa shape index (κ2) is 10.3. The van der Waals surface area contributed by atoms with Crippen molar-refractivity contribution in [3.05, 3.63) is 92.4 Å². The number of benzene rings is 3. The van der Waals surface area contributed by atoms with Crippen molar-refractivity contribution in [1.29, 1.82) is 0 Å². The fourth-order valence-electron chi connectivity index (χ4n) is 4.40. The van der Waals surface area contributed by atoms with Gasteiger partial charge in [0.15, 0.2) is 5.43 Å². The van der Waals surface area contributed by atoms with Gasteiger partial charge in [0.2, 0.25) is 0 Å². The van der Waals surface area contributed by atoms with Gasteiger partial charge >= 0.3 is 5.97 Å². The van der Waals surface area contributed by atoms with E-state index in [2.05, 4.69) is 10.3 Å². The predicted octanol–water partition coefficient (Wildman–Crippen LogP) is 6.05. The molecule has 1 aromatic heterocycles. The number of hydrogen-bond donors (Lipinski definition) is 2. The van der Waals surface area contributed by atoms with Crippen LogP contribution >= 0.6 is 0 Å². The maximum absolute atomic E-state index is 14.5. The Bertz CT molecular complexity index is 1610. The Morgan fingerprint density at radius 2 is 1.97 bits per heavy atom. The average molecular weight is 504 g/mol. The average Bonchev–Trinajstić information content (AvgIpc) is 2.87. The molecule has 0 bridgehead atoms. The number of aliphatic imine (C=N–C) groups is 1. The number of ether oxygens (including phenoxy) is 1. The molecule has 0 aliphatic rings. The third-order valence-electron chi connectivity index (χ3n) is 6.25. The van der Waals surface area contributed by atoms with Crippen LogP contribution in [0.15, 0.2) is 62.7 Å². The largest absolute Gasteiger partial charge is 0.465 e. The third kappa shape index (κ3) is 4.82. The fraction of sp³-hybridized carbons (Fsp3) is 0.207. The Kier molecular flexibility index (Phi) is 7.11. The van der Waals surface area contributed by atoms with E-state index in [1.54, 1.807) is 44.5 Å². The molecule has 1 heterocycles. The number of nitrogen functional groups attached to an aromatic ring is 1. The second-order valence-corrected chi connectivity index (χ2v) is 8.87. The zero-order valence-electron chi connectivity index (χ0n) is 21.3. The molecule has 192 valence electrons. The number of rotatable bonds is 6. The number of halogens is 1. The summed E-state index contributed by atoms with van der Waals surface area (Å²) in [5.41, 5.74) is 10.3.